The maximum Gasteiger partial charge on any atom is 0.330 e. The molecule has 0 radical (unpaired) electrons. The van der Waals surface area contributed by atoms with Gasteiger partial charge in [0.05, 0.1) is 6.61 Å². The van der Waals surface area contributed by atoms with Crippen LogP contribution in [-0.4, -0.2) is 22.8 Å². The van der Waals surface area contributed by atoms with E-state index in [0.717, 1.165) is 22.4 Å². The number of aryl methyl sites for hydroxylation is 2. The van der Waals surface area contributed by atoms with E-state index >= 15 is 0 Å². The third-order valence-electron chi connectivity index (χ3n) is 4.88. The van der Waals surface area contributed by atoms with E-state index in [1.54, 1.807) is 0 Å². The van der Waals surface area contributed by atoms with E-state index in [-0.39, 0.29) is 12.3 Å². The smallest absolute Gasteiger partial charge is 0.330 e. The van der Waals surface area contributed by atoms with Gasteiger partial charge >= 0.3 is 5.69 Å². The van der Waals surface area contributed by atoms with Crippen LogP contribution in [-0.2, 0) is 24.3 Å². The fourth-order valence-electron chi connectivity index (χ4n) is 3.62. The number of nitrogens with one attached hydrogen (secondary N) is 1. The summed E-state index contributed by atoms with van der Waals surface area (Å²) in [5.74, 6) is 0.770. The van der Waals surface area contributed by atoms with Crippen molar-refractivity contribution in [2.24, 2.45) is 0 Å². The third kappa shape index (κ3) is 5.48. The van der Waals surface area contributed by atoms with Crippen molar-refractivity contribution in [3.8, 4) is 5.75 Å². The van der Waals surface area contributed by atoms with E-state index in [0.29, 0.717) is 37.3 Å². The Hall–Kier alpha value is -3.12. The minimum absolute atomic E-state index is 0.0564. The molecular formula is C24H28N2O4. The fraction of sp³-hybridized carbons (Fsp3) is 0.333. The molecule has 0 aliphatic heterocycles. The minimum atomic E-state index is -0.458. The largest absolute Gasteiger partial charge is 0.491 e. The fourth-order valence-corrected chi connectivity index (χ4v) is 3.62. The average molecular weight is 408 g/mol. The summed E-state index contributed by atoms with van der Waals surface area (Å²) in [6.45, 7) is 6.75. The lowest BCUT2D eigenvalue weighted by Crippen LogP contribution is -2.36. The quantitative estimate of drug-likeness (QED) is 0.551. The molecule has 1 heterocycles. The Kier molecular flexibility index (Phi) is 7.25. The first-order chi connectivity index (χ1) is 14.5. The Balaban J connectivity index is 1.77. The van der Waals surface area contributed by atoms with Crippen molar-refractivity contribution < 1.29 is 9.47 Å². The van der Waals surface area contributed by atoms with Gasteiger partial charge in [-0.25, -0.2) is 4.79 Å². The number of para-hydroxylation sites is 1. The third-order valence-corrected chi connectivity index (χ3v) is 4.88. The molecule has 1 N–H and O–H groups in total. The highest BCUT2D eigenvalue weighted by Crippen LogP contribution is 2.15. The Bertz CT molecular complexity index is 1080. The minimum Gasteiger partial charge on any atom is -0.491 e. The molecule has 0 unspecified atom stereocenters. The predicted octanol–water partition coefficient (Wildman–Crippen LogP) is 3.36. The molecule has 2 aromatic carbocycles. The number of nitrogens with zero attached hydrogens (tertiary/aromatic N) is 1. The van der Waals surface area contributed by atoms with Crippen molar-refractivity contribution in [1.82, 2.24) is 9.55 Å². The van der Waals surface area contributed by atoms with Crippen LogP contribution in [0.2, 0.25) is 0 Å². The van der Waals surface area contributed by atoms with Crippen molar-refractivity contribution in [1.29, 1.82) is 0 Å². The first-order valence-corrected chi connectivity index (χ1v) is 10.2. The van der Waals surface area contributed by atoms with E-state index in [2.05, 4.69) is 23.2 Å². The second kappa shape index (κ2) is 10.1. The highest BCUT2D eigenvalue weighted by Gasteiger charge is 2.15. The predicted molar refractivity (Wildman–Crippen MR) is 117 cm³/mol. The number of hydrogen-bond acceptors (Lipinski definition) is 4. The first-order valence-electron chi connectivity index (χ1n) is 10.2. The summed E-state index contributed by atoms with van der Waals surface area (Å²) in [5.41, 5.74) is 3.88. The van der Waals surface area contributed by atoms with Gasteiger partial charge in [-0.05, 0) is 38.0 Å². The molecule has 0 spiro atoms. The lowest BCUT2D eigenvalue weighted by Gasteiger charge is -2.17. The Labute approximate surface area is 176 Å². The molecule has 1 aromatic heterocycles. The van der Waals surface area contributed by atoms with E-state index in [1.165, 1.54) is 4.57 Å². The number of ether oxygens (including phenoxy) is 2. The topological polar surface area (TPSA) is 73.3 Å². The maximum absolute atomic E-state index is 12.5. The molecular weight excluding hydrogens is 380 g/mol. The summed E-state index contributed by atoms with van der Waals surface area (Å²) in [4.78, 5) is 27.3. The van der Waals surface area contributed by atoms with Crippen molar-refractivity contribution in [2.75, 3.05) is 13.2 Å². The van der Waals surface area contributed by atoms with Gasteiger partial charge < -0.3 is 9.47 Å². The summed E-state index contributed by atoms with van der Waals surface area (Å²) < 4.78 is 12.8. The molecule has 0 aliphatic rings. The van der Waals surface area contributed by atoms with Crippen LogP contribution in [0.1, 0.15) is 34.9 Å². The van der Waals surface area contributed by atoms with Gasteiger partial charge in [0.15, 0.2) is 0 Å². The molecule has 0 saturated heterocycles. The van der Waals surface area contributed by atoms with E-state index < -0.39 is 5.69 Å². The zero-order valence-corrected chi connectivity index (χ0v) is 17.7. The summed E-state index contributed by atoms with van der Waals surface area (Å²) in [6, 6.07) is 15.8. The van der Waals surface area contributed by atoms with Crippen molar-refractivity contribution in [2.45, 2.75) is 40.3 Å². The standard InChI is InChI=1S/C24H28N2O4/c1-4-21-22(15-19-13-17(2)12-18(3)14-19)26(24(28)25-23(21)27)16-29-10-11-30-20-8-6-5-7-9-20/h5-9,12-14H,4,10-11,15-16H2,1-3H3,(H,25,27,28). The lowest BCUT2D eigenvalue weighted by atomic mass is 10.0. The molecule has 30 heavy (non-hydrogen) atoms. The van der Waals surface area contributed by atoms with E-state index in [4.69, 9.17) is 9.47 Å². The summed E-state index contributed by atoms with van der Waals surface area (Å²) in [6.07, 6.45) is 1.03. The molecule has 0 aliphatic carbocycles. The van der Waals surface area contributed by atoms with Crippen LogP contribution in [0, 0.1) is 13.8 Å². The number of H-pyrrole nitrogens is 1. The van der Waals surface area contributed by atoms with Gasteiger partial charge in [0.2, 0.25) is 0 Å². The maximum atomic E-state index is 12.5. The molecule has 158 valence electrons. The molecule has 3 rings (SSSR count). The molecule has 3 aromatic rings. The Morgan fingerprint density at radius 3 is 2.33 bits per heavy atom. The first kappa shape index (κ1) is 21.6. The summed E-state index contributed by atoms with van der Waals surface area (Å²) in [5, 5.41) is 0. The Morgan fingerprint density at radius 2 is 1.67 bits per heavy atom. The van der Waals surface area contributed by atoms with Crippen LogP contribution in [0.3, 0.4) is 0 Å². The van der Waals surface area contributed by atoms with Crippen LogP contribution in [0.15, 0.2) is 58.1 Å². The van der Waals surface area contributed by atoms with E-state index in [1.807, 2.05) is 51.1 Å². The molecule has 0 fully saturated rings. The average Bonchev–Trinajstić information content (AvgIpc) is 2.70. The van der Waals surface area contributed by atoms with Gasteiger partial charge in [0, 0.05) is 17.7 Å². The SMILES string of the molecule is CCc1c(Cc2cc(C)cc(C)c2)n(COCCOc2ccccc2)c(=O)[nH]c1=O. The summed E-state index contributed by atoms with van der Waals surface area (Å²) in [7, 11) is 0. The zero-order valence-electron chi connectivity index (χ0n) is 17.7. The molecule has 0 bridgehead atoms. The molecule has 0 amide bonds. The van der Waals surface area contributed by atoms with Crippen LogP contribution in [0.4, 0.5) is 0 Å². The van der Waals surface area contributed by atoms with Crippen LogP contribution >= 0.6 is 0 Å². The molecule has 6 heteroatoms. The highest BCUT2D eigenvalue weighted by molar-refractivity contribution is 5.33. The second-order valence-electron chi connectivity index (χ2n) is 7.34. The van der Waals surface area contributed by atoms with Gasteiger partial charge in [0.1, 0.15) is 19.1 Å². The van der Waals surface area contributed by atoms with Gasteiger partial charge in [-0.3, -0.25) is 14.3 Å². The van der Waals surface area contributed by atoms with Crippen molar-refractivity contribution in [3.63, 3.8) is 0 Å². The van der Waals surface area contributed by atoms with Crippen LogP contribution in [0.25, 0.3) is 0 Å². The van der Waals surface area contributed by atoms with Gasteiger partial charge in [-0.1, -0.05) is 54.4 Å². The molecule has 0 saturated carbocycles. The van der Waals surface area contributed by atoms with Crippen molar-refractivity contribution in [3.05, 3.63) is 97.3 Å². The number of hydrogen-bond donors (Lipinski definition) is 1. The zero-order chi connectivity index (χ0) is 21.5. The number of aromatic amines is 1. The molecule has 0 atom stereocenters. The van der Waals surface area contributed by atoms with E-state index in [9.17, 15) is 9.59 Å². The molecule has 6 nitrogen and oxygen atoms in total. The number of aromatic nitrogens is 2. The highest BCUT2D eigenvalue weighted by atomic mass is 16.5. The van der Waals surface area contributed by atoms with Gasteiger partial charge in [-0.2, -0.15) is 0 Å². The van der Waals surface area contributed by atoms with Gasteiger partial charge in [-0.15, -0.1) is 0 Å². The summed E-state index contributed by atoms with van der Waals surface area (Å²) >= 11 is 0. The van der Waals surface area contributed by atoms with Crippen LogP contribution in [0.5, 0.6) is 5.75 Å². The number of rotatable bonds is 9. The Morgan fingerprint density at radius 1 is 0.967 bits per heavy atom. The normalized spacial score (nSPS) is 10.9. The lowest BCUT2D eigenvalue weighted by molar-refractivity contribution is 0.0497. The number of benzene rings is 2. The van der Waals surface area contributed by atoms with Crippen LogP contribution < -0.4 is 16.0 Å². The monoisotopic (exact) mass is 408 g/mol. The van der Waals surface area contributed by atoms with Gasteiger partial charge in [0.25, 0.3) is 5.56 Å². The van der Waals surface area contributed by atoms with Crippen molar-refractivity contribution >= 4 is 0 Å². The second-order valence-corrected chi connectivity index (χ2v) is 7.34.